The molecule has 0 saturated carbocycles. The summed E-state index contributed by atoms with van der Waals surface area (Å²) in [5.41, 5.74) is 1.33. The summed E-state index contributed by atoms with van der Waals surface area (Å²) >= 11 is 12.6. The van der Waals surface area contributed by atoms with Crippen molar-refractivity contribution >= 4 is 29.2 Å². The van der Waals surface area contributed by atoms with E-state index in [1.165, 1.54) is 4.68 Å². The molecule has 26 heavy (non-hydrogen) atoms. The number of benzene rings is 1. The van der Waals surface area contributed by atoms with Gasteiger partial charge in [0.2, 0.25) is 0 Å². The summed E-state index contributed by atoms with van der Waals surface area (Å²) in [7, 11) is 0. The zero-order chi connectivity index (χ0) is 19.1. The van der Waals surface area contributed by atoms with Crippen LogP contribution in [0.4, 0.5) is 8.78 Å². The Morgan fingerprint density at radius 1 is 1.35 bits per heavy atom. The summed E-state index contributed by atoms with van der Waals surface area (Å²) in [6.07, 6.45) is -2.18. The van der Waals surface area contributed by atoms with Gasteiger partial charge in [0.15, 0.2) is 5.69 Å². The summed E-state index contributed by atoms with van der Waals surface area (Å²) in [4.78, 5) is 12.2. The molecule has 0 radical (unpaired) electrons. The molecule has 0 amide bonds. The van der Waals surface area contributed by atoms with Crippen LogP contribution in [-0.4, -0.2) is 41.9 Å². The van der Waals surface area contributed by atoms with Gasteiger partial charge in [0.1, 0.15) is 5.15 Å². The normalized spacial score (nSPS) is 11.2. The molecule has 1 aromatic heterocycles. The van der Waals surface area contributed by atoms with E-state index in [4.69, 9.17) is 27.9 Å². The van der Waals surface area contributed by atoms with Crippen LogP contribution in [0.3, 0.4) is 0 Å². The van der Waals surface area contributed by atoms with E-state index in [2.05, 4.69) is 10.4 Å². The lowest BCUT2D eigenvalue weighted by molar-refractivity contribution is 0.0517. The minimum Gasteiger partial charge on any atom is -0.461 e. The number of carbonyl (C=O) groups excluding carboxylic acids is 1. The van der Waals surface area contributed by atoms with Crippen LogP contribution in [0.5, 0.6) is 0 Å². The SMILES string of the molecule is CCOC(=O)c1nn(Cc2ccccc2Cl)c(Cl)c1CCNCC(F)F. The predicted molar refractivity (Wildman–Crippen MR) is 96.3 cm³/mol. The first-order valence-corrected chi connectivity index (χ1v) is 8.84. The highest BCUT2D eigenvalue weighted by atomic mass is 35.5. The van der Waals surface area contributed by atoms with Gasteiger partial charge in [0.05, 0.1) is 19.7 Å². The second kappa shape index (κ2) is 9.85. The number of alkyl halides is 2. The van der Waals surface area contributed by atoms with Crippen molar-refractivity contribution < 1.29 is 18.3 Å². The van der Waals surface area contributed by atoms with Crippen LogP contribution >= 0.6 is 23.2 Å². The first kappa shape index (κ1) is 20.6. The maximum Gasteiger partial charge on any atom is 0.359 e. The Bertz CT molecular complexity index is 754. The maximum absolute atomic E-state index is 12.2. The zero-order valence-corrected chi connectivity index (χ0v) is 15.7. The topological polar surface area (TPSA) is 56.1 Å². The number of nitrogens with one attached hydrogen (secondary N) is 1. The van der Waals surface area contributed by atoms with Gasteiger partial charge < -0.3 is 10.1 Å². The van der Waals surface area contributed by atoms with Gasteiger partial charge in [-0.1, -0.05) is 41.4 Å². The smallest absolute Gasteiger partial charge is 0.359 e. The van der Waals surface area contributed by atoms with Gasteiger partial charge in [0, 0.05) is 10.6 Å². The molecule has 2 rings (SSSR count). The number of carbonyl (C=O) groups is 1. The quantitative estimate of drug-likeness (QED) is 0.508. The van der Waals surface area contributed by atoms with Gasteiger partial charge >= 0.3 is 5.97 Å². The number of hydrogen-bond donors (Lipinski definition) is 1. The van der Waals surface area contributed by atoms with Crippen LogP contribution in [0.2, 0.25) is 10.2 Å². The molecule has 0 saturated heterocycles. The van der Waals surface area contributed by atoms with Gasteiger partial charge in [0.25, 0.3) is 6.43 Å². The first-order valence-electron chi connectivity index (χ1n) is 8.08. The Labute approximate surface area is 160 Å². The average molecular weight is 406 g/mol. The summed E-state index contributed by atoms with van der Waals surface area (Å²) in [6.45, 7) is 1.95. The lowest BCUT2D eigenvalue weighted by atomic mass is 10.2. The van der Waals surface area contributed by atoms with Crippen molar-refractivity contribution in [1.82, 2.24) is 15.1 Å². The third-order valence-corrected chi connectivity index (χ3v) is 4.37. The molecule has 0 atom stereocenters. The second-order valence-corrected chi connectivity index (χ2v) is 6.20. The molecule has 0 fully saturated rings. The van der Waals surface area contributed by atoms with Crippen molar-refractivity contribution in [2.75, 3.05) is 19.7 Å². The number of ether oxygens (including phenoxy) is 1. The third-order valence-electron chi connectivity index (χ3n) is 3.58. The van der Waals surface area contributed by atoms with Crippen molar-refractivity contribution in [2.45, 2.75) is 26.3 Å². The van der Waals surface area contributed by atoms with Crippen LogP contribution in [-0.2, 0) is 17.7 Å². The molecule has 0 bridgehead atoms. The lowest BCUT2D eigenvalue weighted by Gasteiger charge is -2.06. The van der Waals surface area contributed by atoms with Gasteiger partial charge in [-0.05, 0) is 31.5 Å². The number of rotatable bonds is 9. The minimum absolute atomic E-state index is 0.0859. The van der Waals surface area contributed by atoms with Gasteiger partial charge in [-0.25, -0.2) is 18.3 Å². The van der Waals surface area contributed by atoms with Crippen LogP contribution in [0.15, 0.2) is 24.3 Å². The second-order valence-electron chi connectivity index (χ2n) is 5.43. The van der Waals surface area contributed by atoms with Crippen molar-refractivity contribution in [3.05, 3.63) is 51.3 Å². The highest BCUT2D eigenvalue weighted by molar-refractivity contribution is 6.31. The fourth-order valence-electron chi connectivity index (χ4n) is 2.38. The molecule has 5 nitrogen and oxygen atoms in total. The number of halogens is 4. The fourth-order valence-corrected chi connectivity index (χ4v) is 2.86. The van der Waals surface area contributed by atoms with Crippen molar-refractivity contribution in [2.24, 2.45) is 0 Å². The first-order chi connectivity index (χ1) is 12.4. The van der Waals surface area contributed by atoms with E-state index in [1.807, 2.05) is 12.1 Å². The number of hydrogen-bond acceptors (Lipinski definition) is 4. The van der Waals surface area contributed by atoms with E-state index >= 15 is 0 Å². The van der Waals surface area contributed by atoms with Crippen LogP contribution in [0.25, 0.3) is 0 Å². The summed E-state index contributed by atoms with van der Waals surface area (Å²) in [5, 5.41) is 7.67. The van der Waals surface area contributed by atoms with Gasteiger partial charge in [-0.15, -0.1) is 0 Å². The Hall–Kier alpha value is -1.70. The zero-order valence-electron chi connectivity index (χ0n) is 14.1. The average Bonchev–Trinajstić information content (AvgIpc) is 2.90. The molecule has 9 heteroatoms. The van der Waals surface area contributed by atoms with Crippen molar-refractivity contribution in [3.8, 4) is 0 Å². The Morgan fingerprint density at radius 2 is 2.08 bits per heavy atom. The Kier molecular flexibility index (Phi) is 7.81. The van der Waals surface area contributed by atoms with E-state index in [9.17, 15) is 13.6 Å². The fraction of sp³-hybridized carbons (Fsp3) is 0.412. The van der Waals surface area contributed by atoms with Crippen LogP contribution in [0, 0.1) is 0 Å². The Balaban J connectivity index is 2.24. The predicted octanol–water partition coefficient (Wildman–Crippen LogP) is 3.81. The molecule has 2 aromatic rings. The number of aromatic nitrogens is 2. The molecular formula is C17H19Cl2F2N3O2. The van der Waals surface area contributed by atoms with E-state index < -0.39 is 18.9 Å². The molecule has 0 unspecified atom stereocenters. The van der Waals surface area contributed by atoms with E-state index in [1.54, 1.807) is 19.1 Å². The highest BCUT2D eigenvalue weighted by Gasteiger charge is 2.23. The standard InChI is InChI=1S/C17H19Cl2F2N3O2/c1-2-26-17(25)15-12(7-8-22-9-14(20)21)16(19)24(23-15)10-11-5-3-4-6-13(11)18/h3-6,14,22H,2,7-10H2,1H3. The molecule has 0 aliphatic carbocycles. The molecule has 1 N–H and O–H groups in total. The Morgan fingerprint density at radius 3 is 2.73 bits per heavy atom. The number of nitrogens with zero attached hydrogens (tertiary/aromatic N) is 2. The summed E-state index contributed by atoms with van der Waals surface area (Å²) < 4.78 is 31.0. The molecule has 0 spiro atoms. The van der Waals surface area contributed by atoms with E-state index in [-0.39, 0.29) is 37.0 Å². The third kappa shape index (κ3) is 5.40. The minimum atomic E-state index is -2.45. The molecule has 142 valence electrons. The summed E-state index contributed by atoms with van der Waals surface area (Å²) in [6, 6.07) is 7.21. The molecule has 1 aromatic carbocycles. The summed E-state index contributed by atoms with van der Waals surface area (Å²) in [5.74, 6) is -0.601. The van der Waals surface area contributed by atoms with Gasteiger partial charge in [-0.3, -0.25) is 0 Å². The number of esters is 1. The van der Waals surface area contributed by atoms with Crippen molar-refractivity contribution in [1.29, 1.82) is 0 Å². The highest BCUT2D eigenvalue weighted by Crippen LogP contribution is 2.24. The lowest BCUT2D eigenvalue weighted by Crippen LogP contribution is -2.24. The van der Waals surface area contributed by atoms with Crippen molar-refractivity contribution in [3.63, 3.8) is 0 Å². The largest absolute Gasteiger partial charge is 0.461 e. The van der Waals surface area contributed by atoms with Crippen LogP contribution in [0.1, 0.15) is 28.5 Å². The van der Waals surface area contributed by atoms with E-state index in [0.29, 0.717) is 10.6 Å². The molecular weight excluding hydrogens is 387 g/mol. The maximum atomic E-state index is 12.2. The van der Waals surface area contributed by atoms with E-state index in [0.717, 1.165) is 5.56 Å². The molecule has 0 aliphatic rings. The molecule has 0 aliphatic heterocycles. The van der Waals surface area contributed by atoms with Crippen LogP contribution < -0.4 is 5.32 Å². The van der Waals surface area contributed by atoms with Gasteiger partial charge in [-0.2, -0.15) is 5.10 Å². The monoisotopic (exact) mass is 405 g/mol. The molecule has 1 heterocycles.